The van der Waals surface area contributed by atoms with E-state index in [1.807, 2.05) is 0 Å². The topological polar surface area (TPSA) is 50.7 Å². The van der Waals surface area contributed by atoms with Gasteiger partial charge in [-0.05, 0) is 13.0 Å². The summed E-state index contributed by atoms with van der Waals surface area (Å²) in [4.78, 5) is 12.3. The fraction of sp³-hybridized carbons (Fsp3) is 0.364. The largest absolute Gasteiger partial charge is 0.433 e. The normalized spacial score (nSPS) is 15.3. The summed E-state index contributed by atoms with van der Waals surface area (Å²) in [5.74, 6) is 0.0947. The Kier molecular flexibility index (Phi) is 2.98. The molecule has 2 aromatic rings. The van der Waals surface area contributed by atoms with Crippen molar-refractivity contribution in [3.05, 3.63) is 28.7 Å². The molecule has 0 aliphatic carbocycles. The summed E-state index contributed by atoms with van der Waals surface area (Å²) in [6.45, 7) is 0.853. The number of halogens is 3. The Balaban J connectivity index is 2.19. The molecule has 0 radical (unpaired) electrons. The first kappa shape index (κ1) is 12.5. The lowest BCUT2D eigenvalue weighted by Gasteiger charge is -2.20. The molecule has 0 spiro atoms. The van der Waals surface area contributed by atoms with Crippen LogP contribution < -0.4 is 5.32 Å². The molecule has 100 valence electrons. The van der Waals surface area contributed by atoms with Crippen molar-refractivity contribution < 1.29 is 13.2 Å². The van der Waals surface area contributed by atoms with E-state index >= 15 is 0 Å². The van der Waals surface area contributed by atoms with Crippen LogP contribution in [0.2, 0.25) is 0 Å². The predicted molar refractivity (Wildman–Crippen MR) is 63.6 cm³/mol. The lowest BCUT2D eigenvalue weighted by atomic mass is 10.0. The van der Waals surface area contributed by atoms with Crippen molar-refractivity contribution >= 4 is 11.3 Å². The molecule has 19 heavy (non-hydrogen) atoms. The number of nitrogens with zero attached hydrogens (tertiary/aromatic N) is 3. The number of nitrogens with one attached hydrogen (secondary N) is 1. The first-order valence-electron chi connectivity index (χ1n) is 5.62. The van der Waals surface area contributed by atoms with Gasteiger partial charge in [0.2, 0.25) is 0 Å². The minimum Gasteiger partial charge on any atom is -0.311 e. The SMILES string of the molecule is FC(F)(F)c1nc(-c2cncs2)nc2c1CCNC2. The summed E-state index contributed by atoms with van der Waals surface area (Å²) in [5.41, 5.74) is 1.36. The van der Waals surface area contributed by atoms with Gasteiger partial charge >= 0.3 is 6.18 Å². The fourth-order valence-corrected chi connectivity index (χ4v) is 2.58. The van der Waals surface area contributed by atoms with E-state index in [1.54, 1.807) is 5.51 Å². The van der Waals surface area contributed by atoms with E-state index in [-0.39, 0.29) is 11.4 Å². The van der Waals surface area contributed by atoms with Gasteiger partial charge in [0.25, 0.3) is 0 Å². The van der Waals surface area contributed by atoms with Crippen molar-refractivity contribution in [2.24, 2.45) is 0 Å². The van der Waals surface area contributed by atoms with Gasteiger partial charge in [-0.25, -0.2) is 9.97 Å². The quantitative estimate of drug-likeness (QED) is 0.873. The molecule has 0 atom stereocenters. The van der Waals surface area contributed by atoms with Crippen molar-refractivity contribution in [2.75, 3.05) is 6.54 Å². The number of rotatable bonds is 1. The number of alkyl halides is 3. The molecule has 0 saturated heterocycles. The molecule has 4 nitrogen and oxygen atoms in total. The number of fused-ring (bicyclic) bond motifs is 1. The van der Waals surface area contributed by atoms with E-state index in [0.717, 1.165) is 0 Å². The molecular weight excluding hydrogens is 277 g/mol. The Labute approximate surface area is 110 Å². The summed E-state index contributed by atoms with van der Waals surface area (Å²) in [5, 5.41) is 3.02. The summed E-state index contributed by atoms with van der Waals surface area (Å²) in [6.07, 6.45) is -2.68. The van der Waals surface area contributed by atoms with Crippen LogP contribution in [0, 0.1) is 0 Å². The molecule has 0 bridgehead atoms. The van der Waals surface area contributed by atoms with Crippen LogP contribution in [-0.4, -0.2) is 21.5 Å². The molecule has 3 heterocycles. The van der Waals surface area contributed by atoms with E-state index in [2.05, 4.69) is 20.3 Å². The van der Waals surface area contributed by atoms with Gasteiger partial charge in [0, 0.05) is 18.3 Å². The predicted octanol–water partition coefficient (Wildman–Crippen LogP) is 2.26. The van der Waals surface area contributed by atoms with Crippen LogP contribution in [0.4, 0.5) is 13.2 Å². The molecule has 0 amide bonds. The third kappa shape index (κ3) is 2.33. The standard InChI is InChI=1S/C11H9F3N4S/c12-11(13,14)9-6-1-2-15-3-7(6)17-10(18-9)8-4-16-5-19-8/h4-5,15H,1-3H2. The Bertz CT molecular complexity index is 595. The lowest BCUT2D eigenvalue weighted by Crippen LogP contribution is -2.28. The maximum atomic E-state index is 13.1. The molecular formula is C11H9F3N4S. The van der Waals surface area contributed by atoms with E-state index in [1.165, 1.54) is 17.5 Å². The van der Waals surface area contributed by atoms with Gasteiger partial charge in [0.05, 0.1) is 16.1 Å². The number of aromatic nitrogens is 3. The minimum atomic E-state index is -4.45. The third-order valence-corrected chi connectivity index (χ3v) is 3.63. The first-order valence-corrected chi connectivity index (χ1v) is 6.50. The molecule has 8 heteroatoms. The highest BCUT2D eigenvalue weighted by Crippen LogP contribution is 2.34. The zero-order valence-electron chi connectivity index (χ0n) is 9.66. The van der Waals surface area contributed by atoms with Crippen molar-refractivity contribution in [3.63, 3.8) is 0 Å². The van der Waals surface area contributed by atoms with E-state index in [0.29, 0.717) is 30.1 Å². The molecule has 3 rings (SSSR count). The number of thiazole rings is 1. The number of hydrogen-bond acceptors (Lipinski definition) is 5. The molecule has 0 unspecified atom stereocenters. The third-order valence-electron chi connectivity index (χ3n) is 2.86. The lowest BCUT2D eigenvalue weighted by molar-refractivity contribution is -0.142. The second kappa shape index (κ2) is 4.53. The second-order valence-corrected chi connectivity index (χ2v) is 5.00. The van der Waals surface area contributed by atoms with Gasteiger partial charge in [-0.15, -0.1) is 11.3 Å². The second-order valence-electron chi connectivity index (χ2n) is 4.11. The zero-order chi connectivity index (χ0) is 13.5. The van der Waals surface area contributed by atoms with Crippen LogP contribution in [0.3, 0.4) is 0 Å². The molecule has 0 saturated carbocycles. The van der Waals surface area contributed by atoms with Crippen molar-refractivity contribution in [1.29, 1.82) is 0 Å². The van der Waals surface area contributed by atoms with Crippen LogP contribution in [0.1, 0.15) is 17.0 Å². The van der Waals surface area contributed by atoms with Crippen LogP contribution in [0.15, 0.2) is 11.7 Å². The van der Waals surface area contributed by atoms with Gasteiger partial charge in [-0.2, -0.15) is 13.2 Å². The van der Waals surface area contributed by atoms with Gasteiger partial charge in [-0.3, -0.25) is 4.98 Å². The molecule has 1 aliphatic rings. The Morgan fingerprint density at radius 2 is 2.11 bits per heavy atom. The maximum absolute atomic E-state index is 13.1. The molecule has 0 aromatic carbocycles. The highest BCUT2D eigenvalue weighted by atomic mass is 32.1. The van der Waals surface area contributed by atoms with Crippen LogP contribution in [-0.2, 0) is 19.1 Å². The fourth-order valence-electron chi connectivity index (χ4n) is 2.03. The van der Waals surface area contributed by atoms with Crippen molar-refractivity contribution in [3.8, 4) is 10.7 Å². The average Bonchev–Trinajstić information content (AvgIpc) is 2.90. The van der Waals surface area contributed by atoms with E-state index in [9.17, 15) is 13.2 Å². The summed E-state index contributed by atoms with van der Waals surface area (Å²) in [6, 6.07) is 0. The maximum Gasteiger partial charge on any atom is 0.433 e. The summed E-state index contributed by atoms with van der Waals surface area (Å²) >= 11 is 1.22. The summed E-state index contributed by atoms with van der Waals surface area (Å²) in [7, 11) is 0. The minimum absolute atomic E-state index is 0.0947. The highest BCUT2D eigenvalue weighted by Gasteiger charge is 2.38. The smallest absolute Gasteiger partial charge is 0.311 e. The van der Waals surface area contributed by atoms with Crippen molar-refractivity contribution in [1.82, 2.24) is 20.3 Å². The monoisotopic (exact) mass is 286 g/mol. The molecule has 1 N–H and O–H groups in total. The average molecular weight is 286 g/mol. The van der Waals surface area contributed by atoms with Crippen LogP contribution in [0.25, 0.3) is 10.7 Å². The Hall–Kier alpha value is -1.54. The van der Waals surface area contributed by atoms with Crippen molar-refractivity contribution in [2.45, 2.75) is 19.1 Å². The Morgan fingerprint density at radius 1 is 1.26 bits per heavy atom. The van der Waals surface area contributed by atoms with E-state index in [4.69, 9.17) is 0 Å². The molecule has 1 aliphatic heterocycles. The van der Waals surface area contributed by atoms with Crippen LogP contribution in [0.5, 0.6) is 0 Å². The number of hydrogen-bond donors (Lipinski definition) is 1. The van der Waals surface area contributed by atoms with Gasteiger partial charge in [-0.1, -0.05) is 0 Å². The molecule has 2 aromatic heterocycles. The molecule has 0 fully saturated rings. The summed E-state index contributed by atoms with van der Waals surface area (Å²) < 4.78 is 39.2. The van der Waals surface area contributed by atoms with Gasteiger partial charge in [0.1, 0.15) is 0 Å². The van der Waals surface area contributed by atoms with Gasteiger partial charge in [0.15, 0.2) is 11.5 Å². The van der Waals surface area contributed by atoms with Gasteiger partial charge < -0.3 is 5.32 Å². The Morgan fingerprint density at radius 3 is 2.79 bits per heavy atom. The highest BCUT2D eigenvalue weighted by molar-refractivity contribution is 7.13. The zero-order valence-corrected chi connectivity index (χ0v) is 10.5. The van der Waals surface area contributed by atoms with Crippen LogP contribution >= 0.6 is 11.3 Å². The van der Waals surface area contributed by atoms with E-state index < -0.39 is 11.9 Å². The first-order chi connectivity index (χ1) is 9.05.